The quantitative estimate of drug-likeness (QED) is 0.829. The van der Waals surface area contributed by atoms with Gasteiger partial charge < -0.3 is 9.26 Å². The summed E-state index contributed by atoms with van der Waals surface area (Å²) in [5.74, 6) is 1.58. The minimum absolute atomic E-state index is 0.273. The summed E-state index contributed by atoms with van der Waals surface area (Å²) >= 11 is 0. The Morgan fingerprint density at radius 1 is 1.44 bits per heavy atom. The maximum atomic E-state index is 5.33. The van der Waals surface area contributed by atoms with Crippen molar-refractivity contribution in [1.29, 1.82) is 0 Å². The molecular weight excluding hydrogens is 230 g/mol. The maximum absolute atomic E-state index is 5.33. The summed E-state index contributed by atoms with van der Waals surface area (Å²) in [6, 6.07) is 3.88. The lowest BCUT2D eigenvalue weighted by Crippen LogP contribution is -1.99. The van der Waals surface area contributed by atoms with Gasteiger partial charge in [-0.2, -0.15) is 4.98 Å². The molecule has 1 aliphatic rings. The summed E-state index contributed by atoms with van der Waals surface area (Å²) in [5, 5.41) is 4.04. The molecular formula is C13H15N3O2. The zero-order valence-corrected chi connectivity index (χ0v) is 10.3. The van der Waals surface area contributed by atoms with Crippen LogP contribution in [0.25, 0.3) is 11.5 Å². The molecule has 0 bridgehead atoms. The van der Waals surface area contributed by atoms with Gasteiger partial charge in [-0.1, -0.05) is 12.1 Å². The van der Waals surface area contributed by atoms with Crippen LogP contribution >= 0.6 is 0 Å². The standard InChI is InChI=1S/C13H15N3O2/c1-2-11-7-9(3-5-14-11)13-15-12(16-18-13)10-4-6-17-8-10/h3,5,7,10H,2,4,6,8H2,1H3/t10-/m1/s1. The third-order valence-corrected chi connectivity index (χ3v) is 3.16. The van der Waals surface area contributed by atoms with Gasteiger partial charge in [-0.05, 0) is 25.0 Å². The van der Waals surface area contributed by atoms with Crippen molar-refractivity contribution < 1.29 is 9.26 Å². The van der Waals surface area contributed by atoms with E-state index in [0.717, 1.165) is 36.5 Å². The number of pyridine rings is 1. The predicted molar refractivity (Wildman–Crippen MR) is 65.1 cm³/mol. The van der Waals surface area contributed by atoms with E-state index in [0.29, 0.717) is 12.5 Å². The number of hydrogen-bond donors (Lipinski definition) is 0. The average molecular weight is 245 g/mol. The number of rotatable bonds is 3. The summed E-state index contributed by atoms with van der Waals surface area (Å²) in [4.78, 5) is 8.71. The van der Waals surface area contributed by atoms with Gasteiger partial charge in [0.2, 0.25) is 0 Å². The van der Waals surface area contributed by atoms with E-state index >= 15 is 0 Å². The molecule has 3 rings (SSSR count). The molecule has 0 amide bonds. The second-order valence-corrected chi connectivity index (χ2v) is 4.41. The third kappa shape index (κ3) is 2.13. The highest BCUT2D eigenvalue weighted by atomic mass is 16.5. The van der Waals surface area contributed by atoms with E-state index in [1.807, 2.05) is 12.1 Å². The van der Waals surface area contributed by atoms with Gasteiger partial charge in [-0.3, -0.25) is 4.98 Å². The normalized spacial score (nSPS) is 19.3. The summed E-state index contributed by atoms with van der Waals surface area (Å²) in [6.45, 7) is 3.54. The van der Waals surface area contributed by atoms with Crippen molar-refractivity contribution in [3.05, 3.63) is 29.8 Å². The summed E-state index contributed by atoms with van der Waals surface area (Å²) < 4.78 is 10.6. The molecule has 1 saturated heterocycles. The Bertz CT molecular complexity index is 533. The molecule has 1 aliphatic heterocycles. The van der Waals surface area contributed by atoms with Gasteiger partial charge in [-0.15, -0.1) is 0 Å². The van der Waals surface area contributed by atoms with Crippen molar-refractivity contribution in [2.24, 2.45) is 0 Å². The molecule has 5 nitrogen and oxygen atoms in total. The van der Waals surface area contributed by atoms with Crippen molar-refractivity contribution >= 4 is 0 Å². The molecule has 0 aliphatic carbocycles. The highest BCUT2D eigenvalue weighted by Gasteiger charge is 2.23. The van der Waals surface area contributed by atoms with Gasteiger partial charge in [0.15, 0.2) is 5.82 Å². The number of nitrogens with zero attached hydrogens (tertiary/aromatic N) is 3. The summed E-state index contributed by atoms with van der Waals surface area (Å²) in [6.07, 6.45) is 3.64. The number of aromatic nitrogens is 3. The fourth-order valence-corrected chi connectivity index (χ4v) is 2.06. The molecule has 0 saturated carbocycles. The second-order valence-electron chi connectivity index (χ2n) is 4.41. The molecule has 94 valence electrons. The van der Waals surface area contributed by atoms with Crippen LogP contribution in [0.5, 0.6) is 0 Å². The van der Waals surface area contributed by atoms with Crippen LogP contribution in [0.15, 0.2) is 22.9 Å². The molecule has 2 aromatic rings. The molecule has 0 unspecified atom stereocenters. The highest BCUT2D eigenvalue weighted by Crippen LogP contribution is 2.25. The van der Waals surface area contributed by atoms with E-state index in [9.17, 15) is 0 Å². The van der Waals surface area contributed by atoms with E-state index in [1.165, 1.54) is 0 Å². The Hall–Kier alpha value is -1.75. The number of ether oxygens (including phenoxy) is 1. The average Bonchev–Trinajstić information content (AvgIpc) is 3.09. The molecule has 5 heteroatoms. The zero-order chi connectivity index (χ0) is 12.4. The van der Waals surface area contributed by atoms with E-state index in [-0.39, 0.29) is 5.92 Å². The first-order chi connectivity index (χ1) is 8.86. The lowest BCUT2D eigenvalue weighted by Gasteiger charge is -1.98. The third-order valence-electron chi connectivity index (χ3n) is 3.16. The molecule has 0 aromatic carbocycles. The van der Waals surface area contributed by atoms with Crippen LogP contribution < -0.4 is 0 Å². The van der Waals surface area contributed by atoms with E-state index in [4.69, 9.17) is 9.26 Å². The van der Waals surface area contributed by atoms with Crippen LogP contribution in [0.4, 0.5) is 0 Å². The first-order valence-electron chi connectivity index (χ1n) is 6.23. The fourth-order valence-electron chi connectivity index (χ4n) is 2.06. The second kappa shape index (κ2) is 4.86. The van der Waals surface area contributed by atoms with Crippen LogP contribution in [0.2, 0.25) is 0 Å². The van der Waals surface area contributed by atoms with Gasteiger partial charge in [-0.25, -0.2) is 0 Å². The maximum Gasteiger partial charge on any atom is 0.258 e. The largest absolute Gasteiger partial charge is 0.381 e. The molecule has 18 heavy (non-hydrogen) atoms. The van der Waals surface area contributed by atoms with Crippen molar-refractivity contribution in [2.75, 3.05) is 13.2 Å². The smallest absolute Gasteiger partial charge is 0.258 e. The van der Waals surface area contributed by atoms with Crippen LogP contribution in [0.3, 0.4) is 0 Å². The molecule has 1 fully saturated rings. The van der Waals surface area contributed by atoms with E-state index in [2.05, 4.69) is 22.0 Å². The van der Waals surface area contributed by atoms with Crippen LogP contribution in [-0.2, 0) is 11.2 Å². The monoisotopic (exact) mass is 245 g/mol. The lowest BCUT2D eigenvalue weighted by atomic mass is 10.1. The van der Waals surface area contributed by atoms with Gasteiger partial charge >= 0.3 is 0 Å². The van der Waals surface area contributed by atoms with Gasteiger partial charge in [0.25, 0.3) is 5.89 Å². The molecule has 2 aromatic heterocycles. The van der Waals surface area contributed by atoms with E-state index < -0.39 is 0 Å². The Labute approximate surface area is 105 Å². The molecule has 3 heterocycles. The number of aryl methyl sites for hydroxylation is 1. The van der Waals surface area contributed by atoms with Gasteiger partial charge in [0, 0.05) is 30.0 Å². The van der Waals surface area contributed by atoms with Crippen molar-refractivity contribution in [1.82, 2.24) is 15.1 Å². The first-order valence-corrected chi connectivity index (χ1v) is 6.23. The minimum atomic E-state index is 0.273. The molecule has 1 atom stereocenters. The topological polar surface area (TPSA) is 61.0 Å². The molecule has 0 N–H and O–H groups in total. The van der Waals surface area contributed by atoms with Crippen molar-refractivity contribution in [2.45, 2.75) is 25.7 Å². The van der Waals surface area contributed by atoms with Crippen LogP contribution in [0, 0.1) is 0 Å². The first kappa shape index (κ1) is 11.3. The van der Waals surface area contributed by atoms with E-state index in [1.54, 1.807) is 6.20 Å². The van der Waals surface area contributed by atoms with Crippen molar-refractivity contribution in [3.63, 3.8) is 0 Å². The summed E-state index contributed by atoms with van der Waals surface area (Å²) in [5.41, 5.74) is 1.95. The van der Waals surface area contributed by atoms with Crippen LogP contribution in [0.1, 0.15) is 30.8 Å². The Morgan fingerprint density at radius 2 is 2.39 bits per heavy atom. The minimum Gasteiger partial charge on any atom is -0.381 e. The molecule has 0 radical (unpaired) electrons. The lowest BCUT2D eigenvalue weighted by molar-refractivity contribution is 0.192. The van der Waals surface area contributed by atoms with Gasteiger partial charge in [0.1, 0.15) is 0 Å². The Morgan fingerprint density at radius 3 is 3.17 bits per heavy atom. The van der Waals surface area contributed by atoms with Crippen molar-refractivity contribution in [3.8, 4) is 11.5 Å². The number of hydrogen-bond acceptors (Lipinski definition) is 5. The highest BCUT2D eigenvalue weighted by molar-refractivity contribution is 5.52. The fraction of sp³-hybridized carbons (Fsp3) is 0.462. The zero-order valence-electron chi connectivity index (χ0n) is 10.3. The Balaban J connectivity index is 1.87. The summed E-state index contributed by atoms with van der Waals surface area (Å²) in [7, 11) is 0. The Kier molecular flexibility index (Phi) is 3.06. The predicted octanol–water partition coefficient (Wildman–Crippen LogP) is 2.20. The van der Waals surface area contributed by atoms with Crippen LogP contribution in [-0.4, -0.2) is 28.3 Å². The van der Waals surface area contributed by atoms with Gasteiger partial charge in [0.05, 0.1) is 6.61 Å². The molecule has 0 spiro atoms. The SMILES string of the molecule is CCc1cc(-c2nc([C@@H]3CCOC3)no2)ccn1.